The summed E-state index contributed by atoms with van der Waals surface area (Å²) in [6, 6.07) is 11.5. The van der Waals surface area contributed by atoms with Crippen molar-refractivity contribution >= 4 is 34.7 Å². The van der Waals surface area contributed by atoms with E-state index < -0.39 is 10.8 Å². The van der Waals surface area contributed by atoms with Crippen molar-refractivity contribution in [3.8, 4) is 5.75 Å². The van der Waals surface area contributed by atoms with E-state index in [9.17, 15) is 19.7 Å². The number of hydrogen-bond acceptors (Lipinski definition) is 5. The first kappa shape index (κ1) is 23.0. The van der Waals surface area contributed by atoms with Crippen molar-refractivity contribution in [3.05, 3.63) is 74.4 Å². The number of halogens is 1. The molecule has 4 rings (SSSR count). The third kappa shape index (κ3) is 4.37. The summed E-state index contributed by atoms with van der Waals surface area (Å²) in [6.45, 7) is 6.36. The maximum atomic E-state index is 13.5. The Kier molecular flexibility index (Phi) is 6.01. The Morgan fingerprint density at radius 3 is 2.48 bits per heavy atom. The molecule has 0 radical (unpaired) electrons. The van der Waals surface area contributed by atoms with Crippen LogP contribution < -0.4 is 9.64 Å². The molecule has 1 aliphatic heterocycles. The number of amides is 1. The first-order chi connectivity index (χ1) is 15.6. The summed E-state index contributed by atoms with van der Waals surface area (Å²) in [5.41, 5.74) is 1.40. The number of benzene rings is 2. The monoisotopic (exact) mass is 468 g/mol. The molecular weight excluding hydrogens is 444 g/mol. The summed E-state index contributed by atoms with van der Waals surface area (Å²) >= 11 is 6.16. The minimum atomic E-state index is -0.534. The Labute approximate surface area is 197 Å². The van der Waals surface area contributed by atoms with Crippen LogP contribution in [0.25, 0.3) is 0 Å². The van der Waals surface area contributed by atoms with Crippen molar-refractivity contribution in [2.24, 2.45) is 5.41 Å². The van der Waals surface area contributed by atoms with Crippen molar-refractivity contribution in [3.63, 3.8) is 0 Å². The number of allylic oxidation sites excluding steroid dienone is 2. The lowest BCUT2D eigenvalue weighted by Crippen LogP contribution is -2.44. The highest BCUT2D eigenvalue weighted by Crippen LogP contribution is 2.49. The van der Waals surface area contributed by atoms with E-state index in [4.69, 9.17) is 16.3 Å². The molecule has 0 N–H and O–H groups in total. The van der Waals surface area contributed by atoms with Gasteiger partial charge in [0.15, 0.2) is 5.78 Å². The molecule has 8 heteroatoms. The number of hydrogen-bond donors (Lipinski definition) is 0. The van der Waals surface area contributed by atoms with Gasteiger partial charge in [0.25, 0.3) is 5.69 Å². The molecule has 2 aliphatic rings. The Bertz CT molecular complexity index is 1170. The van der Waals surface area contributed by atoms with E-state index in [0.29, 0.717) is 36.5 Å². The molecule has 0 saturated carbocycles. The predicted octanol–water partition coefficient (Wildman–Crippen LogP) is 5.81. The summed E-state index contributed by atoms with van der Waals surface area (Å²) in [5, 5.41) is 12.0. The van der Waals surface area contributed by atoms with Gasteiger partial charge in [-0.1, -0.05) is 37.6 Å². The summed E-state index contributed by atoms with van der Waals surface area (Å²) < 4.78 is 5.52. The molecule has 0 aromatic heterocycles. The molecule has 0 spiro atoms. The van der Waals surface area contributed by atoms with Crippen LogP contribution in [-0.4, -0.2) is 23.2 Å². The lowest BCUT2D eigenvalue weighted by Gasteiger charge is -2.42. The van der Waals surface area contributed by atoms with Gasteiger partial charge in [-0.15, -0.1) is 0 Å². The number of Topliss-reactive ketones (excluding diaryl/α,β-unsaturated/α-hetero) is 1. The number of nitro benzene ring substituents is 1. The van der Waals surface area contributed by atoms with Gasteiger partial charge < -0.3 is 4.74 Å². The largest absolute Gasteiger partial charge is 0.494 e. The highest BCUT2D eigenvalue weighted by Gasteiger charge is 2.45. The van der Waals surface area contributed by atoms with E-state index in [1.165, 1.54) is 23.1 Å². The van der Waals surface area contributed by atoms with Crippen LogP contribution in [0.1, 0.15) is 51.5 Å². The topological polar surface area (TPSA) is 89.8 Å². The maximum Gasteiger partial charge on any atom is 0.293 e. The molecule has 172 valence electrons. The number of nitrogens with zero attached hydrogens (tertiary/aromatic N) is 2. The summed E-state index contributed by atoms with van der Waals surface area (Å²) in [5.74, 6) is -0.0445. The molecule has 1 amide bonds. The quantitative estimate of drug-likeness (QED) is 0.408. The van der Waals surface area contributed by atoms with Crippen LogP contribution in [0.2, 0.25) is 5.02 Å². The van der Waals surface area contributed by atoms with Gasteiger partial charge in [-0.05, 0) is 48.6 Å². The van der Waals surface area contributed by atoms with Gasteiger partial charge in [-0.2, -0.15) is 0 Å². The maximum absolute atomic E-state index is 13.5. The number of carbonyl (C=O) groups excluding carboxylic acids is 2. The van der Waals surface area contributed by atoms with Gasteiger partial charge >= 0.3 is 0 Å². The Hall–Kier alpha value is -3.19. The van der Waals surface area contributed by atoms with Crippen LogP contribution in [0.3, 0.4) is 0 Å². The number of ether oxygens (including phenoxy) is 1. The number of ketones is 1. The third-order valence-corrected chi connectivity index (χ3v) is 6.35. The number of anilines is 1. The van der Waals surface area contributed by atoms with Crippen molar-refractivity contribution in [2.75, 3.05) is 11.5 Å². The van der Waals surface area contributed by atoms with Crippen molar-refractivity contribution in [2.45, 2.75) is 46.0 Å². The minimum absolute atomic E-state index is 0.0304. The van der Waals surface area contributed by atoms with Gasteiger partial charge in [-0.25, -0.2) is 0 Å². The molecule has 1 aliphatic carbocycles. The molecule has 0 fully saturated rings. The van der Waals surface area contributed by atoms with Crippen molar-refractivity contribution in [1.82, 2.24) is 0 Å². The molecule has 1 unspecified atom stereocenters. The van der Waals surface area contributed by atoms with Gasteiger partial charge in [0.05, 0.1) is 11.5 Å². The van der Waals surface area contributed by atoms with E-state index in [-0.39, 0.29) is 39.9 Å². The fourth-order valence-corrected chi connectivity index (χ4v) is 4.94. The second-order valence-electron chi connectivity index (χ2n) is 9.18. The molecule has 0 bridgehead atoms. The smallest absolute Gasteiger partial charge is 0.293 e. The van der Waals surface area contributed by atoms with E-state index in [1.807, 2.05) is 45.0 Å². The van der Waals surface area contributed by atoms with E-state index in [0.717, 1.165) is 5.56 Å². The van der Waals surface area contributed by atoms with Gasteiger partial charge in [-0.3, -0.25) is 24.6 Å². The molecular formula is C25H25ClN2O5. The Morgan fingerprint density at radius 1 is 1.15 bits per heavy atom. The number of carbonyl (C=O) groups is 2. The highest BCUT2D eigenvalue weighted by atomic mass is 35.5. The SMILES string of the molecule is CCOc1ccc(C2CC(=O)N(c3cc(Cl)ccc3[N+](=O)[O-])C3=C2C(=O)CC(C)(C)C3)cc1. The second-order valence-corrected chi connectivity index (χ2v) is 9.62. The van der Waals surface area contributed by atoms with E-state index >= 15 is 0 Å². The molecule has 1 heterocycles. The first-order valence-corrected chi connectivity index (χ1v) is 11.2. The van der Waals surface area contributed by atoms with E-state index in [2.05, 4.69) is 0 Å². The lowest BCUT2D eigenvalue weighted by molar-refractivity contribution is -0.384. The van der Waals surface area contributed by atoms with E-state index in [1.54, 1.807) is 0 Å². The molecule has 1 atom stereocenters. The normalized spacial score (nSPS) is 20.0. The fourth-order valence-electron chi connectivity index (χ4n) is 4.77. The van der Waals surface area contributed by atoms with Gasteiger partial charge in [0.1, 0.15) is 11.4 Å². The highest BCUT2D eigenvalue weighted by molar-refractivity contribution is 6.31. The van der Waals surface area contributed by atoms with Crippen molar-refractivity contribution < 1.29 is 19.2 Å². The summed E-state index contributed by atoms with van der Waals surface area (Å²) in [4.78, 5) is 39.4. The average molecular weight is 469 g/mol. The van der Waals surface area contributed by atoms with Crippen LogP contribution >= 0.6 is 11.6 Å². The number of nitro groups is 1. The van der Waals surface area contributed by atoms with Crippen molar-refractivity contribution in [1.29, 1.82) is 0 Å². The number of rotatable bonds is 5. The molecule has 33 heavy (non-hydrogen) atoms. The second kappa shape index (κ2) is 8.63. The minimum Gasteiger partial charge on any atom is -0.494 e. The van der Waals surface area contributed by atoms with Crippen LogP contribution in [0.4, 0.5) is 11.4 Å². The molecule has 2 aromatic rings. The molecule has 7 nitrogen and oxygen atoms in total. The van der Waals surface area contributed by atoms with Crippen LogP contribution in [0, 0.1) is 15.5 Å². The summed E-state index contributed by atoms with van der Waals surface area (Å²) in [6.07, 6.45) is 0.818. The molecule has 2 aromatic carbocycles. The first-order valence-electron chi connectivity index (χ1n) is 10.9. The van der Waals surface area contributed by atoms with Gasteiger partial charge in [0, 0.05) is 41.1 Å². The molecule has 0 saturated heterocycles. The van der Waals surface area contributed by atoms with Crippen LogP contribution in [0.15, 0.2) is 53.7 Å². The Morgan fingerprint density at radius 2 is 1.85 bits per heavy atom. The average Bonchev–Trinajstić information content (AvgIpc) is 2.72. The standard InChI is InChI=1S/C25H25ClN2O5/c1-4-33-17-8-5-15(6-9-17)18-12-23(30)27(20-11-16(26)7-10-19(20)28(31)32)21-13-25(2,3)14-22(29)24(18)21/h5-11,18H,4,12-14H2,1-3H3. The summed E-state index contributed by atoms with van der Waals surface area (Å²) in [7, 11) is 0. The fraction of sp³-hybridized carbons (Fsp3) is 0.360. The zero-order valence-electron chi connectivity index (χ0n) is 18.8. The Balaban J connectivity index is 1.89. The van der Waals surface area contributed by atoms with Gasteiger partial charge in [0.2, 0.25) is 5.91 Å². The predicted molar refractivity (Wildman–Crippen MR) is 126 cm³/mol. The zero-order valence-corrected chi connectivity index (χ0v) is 19.5. The lowest BCUT2D eigenvalue weighted by atomic mass is 9.69. The van der Waals surface area contributed by atoms with Crippen LogP contribution in [0.5, 0.6) is 5.75 Å². The van der Waals surface area contributed by atoms with Crippen LogP contribution in [-0.2, 0) is 9.59 Å². The third-order valence-electron chi connectivity index (χ3n) is 6.11. The zero-order chi connectivity index (χ0) is 23.9.